The Hall–Kier alpha value is -4.06. The molecule has 51 heavy (non-hydrogen) atoms. The standard InChI is InChI=1S/C33H36Cl2N4O10S2/c1-46-26-12-22(13-27(47-2)32(26)34)20-6-8-30(36-16-20)38-10-5-11-39(25(19-51(43,44)45)24(38)18-50(40,41)42)31-9-7-21(17-37-31)23-14-28(48-3)33(35)29(15-23)49-4/h6-9,12-17,24-25H,5,10-11,18-19H2,1-4H3,(H,40,41,42)(H,43,44,45). The van der Waals surface area contributed by atoms with Gasteiger partial charge in [-0.2, -0.15) is 16.8 Å². The molecule has 14 nitrogen and oxygen atoms in total. The zero-order chi connectivity index (χ0) is 37.1. The zero-order valence-corrected chi connectivity index (χ0v) is 31.1. The number of anilines is 2. The van der Waals surface area contributed by atoms with Crippen LogP contribution in [0.5, 0.6) is 23.0 Å². The van der Waals surface area contributed by atoms with Crippen molar-refractivity contribution in [3.05, 3.63) is 71.0 Å². The summed E-state index contributed by atoms with van der Waals surface area (Å²) >= 11 is 12.7. The smallest absolute Gasteiger partial charge is 0.266 e. The minimum Gasteiger partial charge on any atom is -0.495 e. The Labute approximate surface area is 306 Å². The van der Waals surface area contributed by atoms with Gasteiger partial charge in [-0.1, -0.05) is 23.2 Å². The predicted octanol–water partition coefficient (Wildman–Crippen LogP) is 5.38. The maximum absolute atomic E-state index is 12.5. The number of nitrogens with zero attached hydrogens (tertiary/aromatic N) is 4. The highest BCUT2D eigenvalue weighted by atomic mass is 35.5. The molecule has 1 saturated heterocycles. The van der Waals surface area contributed by atoms with Crippen molar-refractivity contribution < 1.29 is 44.9 Å². The third-order valence-corrected chi connectivity index (χ3v) is 10.7. The van der Waals surface area contributed by atoms with Crippen LogP contribution in [0.1, 0.15) is 6.42 Å². The third-order valence-electron chi connectivity index (χ3n) is 8.45. The van der Waals surface area contributed by atoms with Crippen molar-refractivity contribution in [3.8, 4) is 45.3 Å². The van der Waals surface area contributed by atoms with Gasteiger partial charge in [-0.3, -0.25) is 9.11 Å². The summed E-state index contributed by atoms with van der Waals surface area (Å²) in [5.41, 5.74) is 2.67. The van der Waals surface area contributed by atoms with Gasteiger partial charge in [-0.15, -0.1) is 0 Å². The van der Waals surface area contributed by atoms with Crippen LogP contribution in [-0.2, 0) is 20.2 Å². The van der Waals surface area contributed by atoms with Crippen molar-refractivity contribution >= 4 is 55.1 Å². The van der Waals surface area contributed by atoms with Gasteiger partial charge in [0.05, 0.1) is 52.0 Å². The van der Waals surface area contributed by atoms with E-state index in [0.717, 1.165) is 0 Å². The fourth-order valence-electron chi connectivity index (χ4n) is 6.09. The number of rotatable bonds is 12. The van der Waals surface area contributed by atoms with Gasteiger partial charge in [0.2, 0.25) is 0 Å². The average molecular weight is 784 g/mol. The average Bonchev–Trinajstić information content (AvgIpc) is 3.26. The maximum Gasteiger partial charge on any atom is 0.266 e. The molecule has 0 saturated carbocycles. The minimum absolute atomic E-state index is 0.232. The number of methoxy groups -OCH3 is 4. The molecule has 2 atom stereocenters. The second kappa shape index (κ2) is 15.7. The molecule has 18 heteroatoms. The Balaban J connectivity index is 1.54. The number of hydrogen-bond acceptors (Lipinski definition) is 12. The van der Waals surface area contributed by atoms with Gasteiger partial charge in [-0.25, -0.2) is 9.97 Å². The predicted molar refractivity (Wildman–Crippen MR) is 195 cm³/mol. The van der Waals surface area contributed by atoms with E-state index in [1.165, 1.54) is 28.4 Å². The molecule has 1 aliphatic rings. The first-order valence-electron chi connectivity index (χ1n) is 15.4. The van der Waals surface area contributed by atoms with Crippen LogP contribution in [-0.4, -0.2) is 101 Å². The van der Waals surface area contributed by atoms with Crippen molar-refractivity contribution in [2.75, 3.05) is 62.8 Å². The highest BCUT2D eigenvalue weighted by Gasteiger charge is 2.41. The number of hydrogen-bond donors (Lipinski definition) is 2. The molecule has 0 spiro atoms. The van der Waals surface area contributed by atoms with Gasteiger partial charge < -0.3 is 28.7 Å². The Morgan fingerprint density at radius 1 is 0.627 bits per heavy atom. The molecule has 2 unspecified atom stereocenters. The number of aromatic nitrogens is 2. The largest absolute Gasteiger partial charge is 0.495 e. The lowest BCUT2D eigenvalue weighted by molar-refractivity contribution is 0.395. The summed E-state index contributed by atoms with van der Waals surface area (Å²) < 4.78 is 91.5. The first-order valence-corrected chi connectivity index (χ1v) is 19.3. The Morgan fingerprint density at radius 3 is 1.22 bits per heavy atom. The van der Waals surface area contributed by atoms with Gasteiger partial charge in [0.15, 0.2) is 0 Å². The summed E-state index contributed by atoms with van der Waals surface area (Å²) in [6.07, 6.45) is 3.53. The molecule has 3 heterocycles. The maximum atomic E-state index is 12.5. The van der Waals surface area contributed by atoms with Crippen molar-refractivity contribution in [2.45, 2.75) is 18.5 Å². The molecule has 0 aliphatic carbocycles. The van der Waals surface area contributed by atoms with Crippen LogP contribution in [0, 0.1) is 0 Å². The Kier molecular flexibility index (Phi) is 11.7. The fraction of sp³-hybridized carbons (Fsp3) is 0.333. The quantitative estimate of drug-likeness (QED) is 0.175. The topological polar surface area (TPSA) is 178 Å². The van der Waals surface area contributed by atoms with E-state index in [2.05, 4.69) is 9.97 Å². The van der Waals surface area contributed by atoms with Crippen molar-refractivity contribution in [2.24, 2.45) is 0 Å². The fourth-order valence-corrected chi connectivity index (χ4v) is 8.28. The molecule has 0 bridgehead atoms. The Morgan fingerprint density at radius 2 is 0.961 bits per heavy atom. The highest BCUT2D eigenvalue weighted by molar-refractivity contribution is 7.86. The van der Waals surface area contributed by atoms with Crippen LogP contribution < -0.4 is 28.7 Å². The van der Waals surface area contributed by atoms with Crippen LogP contribution in [0.25, 0.3) is 22.3 Å². The molecular formula is C33H36Cl2N4O10S2. The second-order valence-corrected chi connectivity index (χ2v) is 15.3. The molecule has 2 N–H and O–H groups in total. The molecule has 2 aromatic carbocycles. The number of ether oxygens (including phenoxy) is 4. The lowest BCUT2D eigenvalue weighted by atomic mass is 10.1. The van der Waals surface area contributed by atoms with Crippen molar-refractivity contribution in [1.82, 2.24) is 9.97 Å². The van der Waals surface area contributed by atoms with Crippen molar-refractivity contribution in [3.63, 3.8) is 0 Å². The molecule has 0 radical (unpaired) electrons. The minimum atomic E-state index is -4.67. The van der Waals surface area contributed by atoms with E-state index in [0.29, 0.717) is 73.4 Å². The molecular weight excluding hydrogens is 747 g/mol. The normalized spacial score (nSPS) is 16.8. The third kappa shape index (κ3) is 8.88. The van der Waals surface area contributed by atoms with Gasteiger partial charge in [0.25, 0.3) is 20.2 Å². The summed E-state index contributed by atoms with van der Waals surface area (Å²) in [7, 11) is -3.44. The van der Waals surface area contributed by atoms with E-state index in [1.807, 2.05) is 0 Å². The van der Waals surface area contributed by atoms with Crippen LogP contribution in [0.15, 0.2) is 60.9 Å². The molecule has 1 aliphatic heterocycles. The monoisotopic (exact) mass is 782 g/mol. The molecule has 5 rings (SSSR count). The summed E-state index contributed by atoms with van der Waals surface area (Å²) in [4.78, 5) is 12.4. The number of pyridine rings is 2. The summed E-state index contributed by atoms with van der Waals surface area (Å²) in [6.45, 7) is 0.464. The lowest BCUT2D eigenvalue weighted by Gasteiger charge is -2.39. The van der Waals surface area contributed by atoms with Gasteiger partial charge in [0.1, 0.15) is 44.7 Å². The van der Waals surface area contributed by atoms with Crippen LogP contribution in [0.4, 0.5) is 11.6 Å². The zero-order valence-electron chi connectivity index (χ0n) is 28.0. The molecule has 2 aromatic heterocycles. The van der Waals surface area contributed by atoms with E-state index in [-0.39, 0.29) is 13.1 Å². The molecule has 0 amide bonds. The first kappa shape index (κ1) is 38.2. The SMILES string of the molecule is COc1cc(-c2ccc(N3CCCN(c4ccc(-c5cc(OC)c(Cl)c(OC)c5)cn4)C(CS(=O)(=O)O)C3CS(=O)(=O)O)nc2)cc(OC)c1Cl. The number of halogens is 2. The molecule has 4 aromatic rings. The Bertz CT molecular complexity index is 1890. The summed E-state index contributed by atoms with van der Waals surface area (Å²) in [5.74, 6) is 0.461. The van der Waals surface area contributed by atoms with Gasteiger partial charge in [-0.05, 0) is 66.1 Å². The van der Waals surface area contributed by atoms with E-state index in [9.17, 15) is 25.9 Å². The van der Waals surface area contributed by atoms with E-state index in [4.69, 9.17) is 42.1 Å². The van der Waals surface area contributed by atoms with Gasteiger partial charge >= 0.3 is 0 Å². The highest BCUT2D eigenvalue weighted by Crippen LogP contribution is 2.40. The van der Waals surface area contributed by atoms with Crippen LogP contribution in [0.2, 0.25) is 10.0 Å². The van der Waals surface area contributed by atoms with E-state index in [1.54, 1.807) is 70.7 Å². The van der Waals surface area contributed by atoms with Gasteiger partial charge in [0, 0.05) is 36.6 Å². The van der Waals surface area contributed by atoms with E-state index >= 15 is 0 Å². The molecule has 1 fully saturated rings. The number of benzene rings is 2. The van der Waals surface area contributed by atoms with Crippen molar-refractivity contribution in [1.29, 1.82) is 0 Å². The summed E-state index contributed by atoms with van der Waals surface area (Å²) in [5, 5.41) is 0.602. The summed E-state index contributed by atoms with van der Waals surface area (Å²) in [6, 6.07) is 11.3. The van der Waals surface area contributed by atoms with Crippen LogP contribution in [0.3, 0.4) is 0 Å². The van der Waals surface area contributed by atoms with Crippen LogP contribution >= 0.6 is 23.2 Å². The van der Waals surface area contributed by atoms with E-state index < -0.39 is 43.8 Å². The second-order valence-electron chi connectivity index (χ2n) is 11.6. The first-order chi connectivity index (χ1) is 24.2. The lowest BCUT2D eigenvalue weighted by Crippen LogP contribution is -2.56. The molecule has 274 valence electrons.